The first kappa shape index (κ1) is 17.2. The molecule has 1 aliphatic rings. The molecule has 1 aromatic heterocycles. The highest BCUT2D eigenvalue weighted by molar-refractivity contribution is 7.09. The topological polar surface area (TPSA) is 32.3 Å². The Morgan fingerprint density at radius 2 is 2.04 bits per heavy atom. The fraction of sp³-hybridized carbons (Fsp3) is 0.450. The van der Waals surface area contributed by atoms with Gasteiger partial charge < -0.3 is 5.32 Å². The van der Waals surface area contributed by atoms with E-state index in [0.717, 1.165) is 6.54 Å². The Morgan fingerprint density at radius 3 is 2.79 bits per heavy atom. The Bertz CT molecular complexity index is 681. The third-order valence-corrected chi connectivity index (χ3v) is 5.53. The number of carbonyl (C=O) groups excluding carboxylic acids is 1. The van der Waals surface area contributed by atoms with Crippen LogP contribution in [0.2, 0.25) is 0 Å². The molecule has 0 saturated carbocycles. The molecule has 1 N–H and O–H groups in total. The van der Waals surface area contributed by atoms with E-state index in [-0.39, 0.29) is 11.9 Å². The van der Waals surface area contributed by atoms with Crippen LogP contribution in [0.15, 0.2) is 35.7 Å². The summed E-state index contributed by atoms with van der Waals surface area (Å²) in [5.74, 6) is 0.0827. The zero-order chi connectivity index (χ0) is 16.9. The highest BCUT2D eigenvalue weighted by atomic mass is 32.1. The van der Waals surface area contributed by atoms with Gasteiger partial charge in [0.05, 0.1) is 12.6 Å². The van der Waals surface area contributed by atoms with Gasteiger partial charge in [-0.15, -0.1) is 11.3 Å². The van der Waals surface area contributed by atoms with Crippen LogP contribution in [-0.2, 0) is 24.2 Å². The van der Waals surface area contributed by atoms with E-state index in [2.05, 4.69) is 46.8 Å². The van der Waals surface area contributed by atoms with Crippen molar-refractivity contribution in [1.82, 2.24) is 10.2 Å². The zero-order valence-corrected chi connectivity index (χ0v) is 15.4. The molecule has 128 valence electrons. The Labute approximate surface area is 148 Å². The number of amides is 1. The molecule has 1 aromatic carbocycles. The number of rotatable bonds is 6. The first-order valence-corrected chi connectivity index (χ1v) is 9.62. The van der Waals surface area contributed by atoms with Crippen molar-refractivity contribution in [2.45, 2.75) is 45.2 Å². The number of likely N-dealkylation sites (N-methyl/N-ethyl adjacent to an activating group) is 1. The van der Waals surface area contributed by atoms with Crippen molar-refractivity contribution >= 4 is 17.2 Å². The summed E-state index contributed by atoms with van der Waals surface area (Å²) >= 11 is 1.73. The van der Waals surface area contributed by atoms with Gasteiger partial charge in [-0.2, -0.15) is 0 Å². The van der Waals surface area contributed by atoms with E-state index >= 15 is 0 Å². The number of nitrogens with zero attached hydrogens (tertiary/aromatic N) is 1. The predicted molar refractivity (Wildman–Crippen MR) is 100 cm³/mol. The van der Waals surface area contributed by atoms with Crippen LogP contribution in [-0.4, -0.2) is 24.4 Å². The predicted octanol–water partition coefficient (Wildman–Crippen LogP) is 3.94. The van der Waals surface area contributed by atoms with Crippen LogP contribution >= 0.6 is 11.3 Å². The van der Waals surface area contributed by atoms with Gasteiger partial charge in [-0.1, -0.05) is 24.3 Å². The largest absolute Gasteiger partial charge is 0.348 e. The van der Waals surface area contributed by atoms with Crippen molar-refractivity contribution in [3.8, 4) is 0 Å². The summed E-state index contributed by atoms with van der Waals surface area (Å²) in [6.07, 6.45) is 4.96. The van der Waals surface area contributed by atoms with Crippen molar-refractivity contribution in [2.75, 3.05) is 13.6 Å². The fourth-order valence-corrected chi connectivity index (χ4v) is 4.15. The van der Waals surface area contributed by atoms with E-state index in [1.165, 1.54) is 47.3 Å². The summed E-state index contributed by atoms with van der Waals surface area (Å²) in [5.41, 5.74) is 4.17. The lowest BCUT2D eigenvalue weighted by atomic mass is 9.89. The number of hydrogen-bond acceptors (Lipinski definition) is 3. The van der Waals surface area contributed by atoms with E-state index in [1.54, 1.807) is 11.3 Å². The molecule has 0 radical (unpaired) electrons. The maximum absolute atomic E-state index is 12.3. The fourth-order valence-electron chi connectivity index (χ4n) is 3.36. The van der Waals surface area contributed by atoms with Crippen molar-refractivity contribution in [3.63, 3.8) is 0 Å². The lowest BCUT2D eigenvalue weighted by Gasteiger charge is -2.21. The highest BCUT2D eigenvalue weighted by Crippen LogP contribution is 2.24. The first-order chi connectivity index (χ1) is 11.6. The summed E-state index contributed by atoms with van der Waals surface area (Å²) in [4.78, 5) is 15.6. The number of hydrogen-bond donors (Lipinski definition) is 1. The molecule has 0 bridgehead atoms. The molecule has 0 unspecified atom stereocenters. The van der Waals surface area contributed by atoms with Crippen molar-refractivity contribution in [1.29, 1.82) is 0 Å². The number of nitrogens with one attached hydrogen (secondary N) is 1. The number of fused-ring (bicyclic) bond motifs is 1. The third kappa shape index (κ3) is 4.46. The first-order valence-electron chi connectivity index (χ1n) is 8.74. The van der Waals surface area contributed by atoms with E-state index in [1.807, 2.05) is 13.1 Å². The average Bonchev–Trinajstić information content (AvgIpc) is 3.06. The van der Waals surface area contributed by atoms with Crippen LogP contribution in [0.4, 0.5) is 0 Å². The molecule has 4 heteroatoms. The molecule has 0 saturated heterocycles. The van der Waals surface area contributed by atoms with Crippen LogP contribution < -0.4 is 5.32 Å². The van der Waals surface area contributed by atoms with Crippen molar-refractivity contribution in [3.05, 3.63) is 57.3 Å². The van der Waals surface area contributed by atoms with Gasteiger partial charge in [-0.25, -0.2) is 0 Å². The molecule has 1 heterocycles. The molecule has 0 fully saturated rings. The summed E-state index contributed by atoms with van der Waals surface area (Å²) in [5, 5.41) is 5.21. The van der Waals surface area contributed by atoms with Gasteiger partial charge in [0.25, 0.3) is 0 Å². The second kappa shape index (κ2) is 7.95. The van der Waals surface area contributed by atoms with E-state index in [4.69, 9.17) is 0 Å². The van der Waals surface area contributed by atoms with E-state index < -0.39 is 0 Å². The molecule has 1 aliphatic carbocycles. The summed E-state index contributed by atoms with van der Waals surface area (Å²) in [6.45, 7) is 3.31. The SMILES string of the molecule is C[C@H](NC(=O)CN(C)Cc1cccs1)c1ccc2c(c1)CCCC2. The summed E-state index contributed by atoms with van der Waals surface area (Å²) < 4.78 is 0. The Hall–Kier alpha value is -1.65. The van der Waals surface area contributed by atoms with Gasteiger partial charge in [0, 0.05) is 11.4 Å². The monoisotopic (exact) mass is 342 g/mol. The molecular formula is C20H26N2OS. The summed E-state index contributed by atoms with van der Waals surface area (Å²) in [6, 6.07) is 10.9. The van der Waals surface area contributed by atoms with Gasteiger partial charge in [-0.3, -0.25) is 9.69 Å². The Morgan fingerprint density at radius 1 is 1.25 bits per heavy atom. The van der Waals surface area contributed by atoms with Gasteiger partial charge >= 0.3 is 0 Å². The summed E-state index contributed by atoms with van der Waals surface area (Å²) in [7, 11) is 1.99. The zero-order valence-electron chi connectivity index (χ0n) is 14.5. The second-order valence-corrected chi connectivity index (χ2v) is 7.81. The minimum atomic E-state index is 0.0554. The van der Waals surface area contributed by atoms with E-state index in [9.17, 15) is 4.79 Å². The minimum absolute atomic E-state index is 0.0554. The molecule has 0 aliphatic heterocycles. The van der Waals surface area contributed by atoms with Crippen LogP contribution in [0.25, 0.3) is 0 Å². The maximum Gasteiger partial charge on any atom is 0.234 e. The molecular weight excluding hydrogens is 316 g/mol. The van der Waals surface area contributed by atoms with Gasteiger partial charge in [0.2, 0.25) is 5.91 Å². The quantitative estimate of drug-likeness (QED) is 0.862. The van der Waals surface area contributed by atoms with Crippen molar-refractivity contribution in [2.24, 2.45) is 0 Å². The third-order valence-electron chi connectivity index (χ3n) is 4.67. The molecule has 0 spiro atoms. The van der Waals surface area contributed by atoms with Crippen LogP contribution in [0.1, 0.15) is 47.4 Å². The minimum Gasteiger partial charge on any atom is -0.348 e. The number of thiophene rings is 1. The number of aryl methyl sites for hydroxylation is 2. The van der Waals surface area contributed by atoms with Gasteiger partial charge in [0.15, 0.2) is 0 Å². The smallest absolute Gasteiger partial charge is 0.234 e. The molecule has 2 aromatic rings. The maximum atomic E-state index is 12.3. The van der Waals surface area contributed by atoms with Crippen LogP contribution in [0.3, 0.4) is 0 Å². The average molecular weight is 343 g/mol. The Kier molecular flexibility index (Phi) is 5.69. The van der Waals surface area contributed by atoms with E-state index in [0.29, 0.717) is 6.54 Å². The molecule has 24 heavy (non-hydrogen) atoms. The normalized spacial score (nSPS) is 15.1. The molecule has 1 atom stereocenters. The van der Waals surface area contributed by atoms with Gasteiger partial charge in [-0.05, 0) is 67.8 Å². The lowest BCUT2D eigenvalue weighted by Crippen LogP contribution is -2.36. The Balaban J connectivity index is 1.54. The number of carbonyl (C=O) groups is 1. The van der Waals surface area contributed by atoms with Crippen LogP contribution in [0.5, 0.6) is 0 Å². The number of benzene rings is 1. The molecule has 3 nitrogen and oxygen atoms in total. The van der Waals surface area contributed by atoms with Crippen LogP contribution in [0, 0.1) is 0 Å². The highest BCUT2D eigenvalue weighted by Gasteiger charge is 2.15. The second-order valence-electron chi connectivity index (χ2n) is 6.78. The molecule has 3 rings (SSSR count). The lowest BCUT2D eigenvalue weighted by molar-refractivity contribution is -0.122. The van der Waals surface area contributed by atoms with Gasteiger partial charge in [0.1, 0.15) is 0 Å². The van der Waals surface area contributed by atoms with Crippen molar-refractivity contribution < 1.29 is 4.79 Å². The molecule has 1 amide bonds. The standard InChI is InChI=1S/C20H26N2OS/c1-15(17-10-9-16-6-3-4-7-18(16)12-17)21-20(23)14-22(2)13-19-8-5-11-24-19/h5,8-12,15H,3-4,6-7,13-14H2,1-2H3,(H,21,23)/t15-/m0/s1.